The minimum Gasteiger partial charge on any atom is -0.351 e. The van der Waals surface area contributed by atoms with Crippen molar-refractivity contribution in [2.24, 2.45) is 5.73 Å². The van der Waals surface area contributed by atoms with Crippen LogP contribution in [0, 0.1) is 0 Å². The zero-order valence-electron chi connectivity index (χ0n) is 13.6. The van der Waals surface area contributed by atoms with Crippen LogP contribution in [-0.4, -0.2) is 35.8 Å². The Balaban J connectivity index is 1.67. The Morgan fingerprint density at radius 1 is 1.21 bits per heavy atom. The summed E-state index contributed by atoms with van der Waals surface area (Å²) in [6.07, 6.45) is 0. The van der Waals surface area contributed by atoms with E-state index in [0.29, 0.717) is 24.5 Å². The van der Waals surface area contributed by atoms with Gasteiger partial charge in [0.1, 0.15) is 0 Å². The first-order chi connectivity index (χ1) is 11.5. The van der Waals surface area contributed by atoms with Crippen molar-refractivity contribution in [3.63, 3.8) is 0 Å². The van der Waals surface area contributed by atoms with Gasteiger partial charge in [0.05, 0.1) is 11.4 Å². The SMILES string of the molecule is CC(=O)NCc1ccc(C(=O)N2C[C@@H](N)[C@H](c3ccccc3)C2)s1. The van der Waals surface area contributed by atoms with Gasteiger partial charge in [-0.2, -0.15) is 0 Å². The van der Waals surface area contributed by atoms with Crippen LogP contribution in [0.15, 0.2) is 42.5 Å². The second-order valence-corrected chi connectivity index (χ2v) is 7.24. The van der Waals surface area contributed by atoms with Gasteiger partial charge >= 0.3 is 0 Å². The third-order valence-corrected chi connectivity index (χ3v) is 5.34. The molecule has 1 saturated heterocycles. The number of amides is 2. The van der Waals surface area contributed by atoms with Crippen LogP contribution in [-0.2, 0) is 11.3 Å². The lowest BCUT2D eigenvalue weighted by atomic mass is 9.95. The minimum absolute atomic E-state index is 0.0166. The number of hydrogen-bond acceptors (Lipinski definition) is 4. The van der Waals surface area contributed by atoms with Crippen LogP contribution in [0.2, 0.25) is 0 Å². The smallest absolute Gasteiger partial charge is 0.264 e. The Kier molecular flexibility index (Phi) is 4.97. The average molecular weight is 343 g/mol. The van der Waals surface area contributed by atoms with Gasteiger partial charge in [0.2, 0.25) is 5.91 Å². The maximum absolute atomic E-state index is 12.7. The molecular formula is C18H21N3O2S. The average Bonchev–Trinajstić information content (AvgIpc) is 3.20. The van der Waals surface area contributed by atoms with Crippen LogP contribution in [0.3, 0.4) is 0 Å². The van der Waals surface area contributed by atoms with Crippen molar-refractivity contribution in [2.45, 2.75) is 25.4 Å². The number of nitrogens with one attached hydrogen (secondary N) is 1. The summed E-state index contributed by atoms with van der Waals surface area (Å²) in [5.41, 5.74) is 7.44. The standard InChI is InChI=1S/C18H21N3O2S/c1-12(22)20-9-14-7-8-17(24-14)18(23)21-10-15(16(19)11-21)13-5-3-2-4-6-13/h2-8,15-16H,9-11,19H2,1H3,(H,20,22)/t15-,16+/m0/s1. The Morgan fingerprint density at radius 2 is 1.96 bits per heavy atom. The van der Waals surface area contributed by atoms with E-state index in [9.17, 15) is 9.59 Å². The molecule has 3 rings (SSSR count). The number of nitrogens with zero attached hydrogens (tertiary/aromatic N) is 1. The number of hydrogen-bond donors (Lipinski definition) is 2. The van der Waals surface area contributed by atoms with Crippen molar-refractivity contribution >= 4 is 23.2 Å². The molecule has 1 aliphatic heterocycles. The summed E-state index contributed by atoms with van der Waals surface area (Å²) in [6.45, 7) is 3.15. The van der Waals surface area contributed by atoms with E-state index in [1.165, 1.54) is 23.8 Å². The van der Waals surface area contributed by atoms with Gasteiger partial charge in [-0.1, -0.05) is 30.3 Å². The maximum atomic E-state index is 12.7. The van der Waals surface area contributed by atoms with E-state index >= 15 is 0 Å². The molecule has 5 nitrogen and oxygen atoms in total. The summed E-state index contributed by atoms with van der Waals surface area (Å²) in [4.78, 5) is 27.2. The molecule has 24 heavy (non-hydrogen) atoms. The Morgan fingerprint density at radius 3 is 2.67 bits per heavy atom. The molecule has 2 amide bonds. The molecule has 2 atom stereocenters. The predicted octanol–water partition coefficient (Wildman–Crippen LogP) is 1.95. The van der Waals surface area contributed by atoms with Crippen LogP contribution in [0.5, 0.6) is 0 Å². The van der Waals surface area contributed by atoms with Crippen LogP contribution in [0.1, 0.15) is 33.0 Å². The molecule has 1 aromatic carbocycles. The van der Waals surface area contributed by atoms with E-state index < -0.39 is 0 Å². The van der Waals surface area contributed by atoms with Gasteiger partial charge in [-0.05, 0) is 17.7 Å². The Bertz CT molecular complexity index is 729. The topological polar surface area (TPSA) is 75.4 Å². The monoisotopic (exact) mass is 343 g/mol. The highest BCUT2D eigenvalue weighted by Crippen LogP contribution is 2.28. The largest absolute Gasteiger partial charge is 0.351 e. The zero-order valence-corrected chi connectivity index (χ0v) is 14.4. The number of thiophene rings is 1. The Hall–Kier alpha value is -2.18. The van der Waals surface area contributed by atoms with E-state index in [2.05, 4.69) is 17.4 Å². The molecule has 3 N–H and O–H groups in total. The second-order valence-electron chi connectivity index (χ2n) is 6.07. The molecule has 126 valence electrons. The van der Waals surface area contributed by atoms with E-state index in [4.69, 9.17) is 5.73 Å². The molecule has 2 aromatic rings. The molecule has 0 unspecified atom stereocenters. The first-order valence-electron chi connectivity index (χ1n) is 7.97. The first-order valence-corrected chi connectivity index (χ1v) is 8.79. The van der Waals surface area contributed by atoms with Gasteiger partial charge in [0.25, 0.3) is 5.91 Å². The third-order valence-electron chi connectivity index (χ3n) is 4.26. The fourth-order valence-corrected chi connectivity index (χ4v) is 3.92. The third kappa shape index (κ3) is 3.66. The van der Waals surface area contributed by atoms with Crippen LogP contribution >= 0.6 is 11.3 Å². The quantitative estimate of drug-likeness (QED) is 0.891. The summed E-state index contributed by atoms with van der Waals surface area (Å²) < 4.78 is 0. The lowest BCUT2D eigenvalue weighted by Gasteiger charge is -2.15. The van der Waals surface area contributed by atoms with Crippen molar-refractivity contribution in [3.05, 3.63) is 57.8 Å². The van der Waals surface area contributed by atoms with E-state index in [1.807, 2.05) is 35.2 Å². The summed E-state index contributed by atoms with van der Waals surface area (Å²) in [5.74, 6) is 0.115. The van der Waals surface area contributed by atoms with Crippen molar-refractivity contribution < 1.29 is 9.59 Å². The van der Waals surface area contributed by atoms with E-state index in [1.54, 1.807) is 0 Å². The fourth-order valence-electron chi connectivity index (χ4n) is 3.00. The minimum atomic E-state index is -0.0764. The molecule has 0 bridgehead atoms. The molecule has 0 radical (unpaired) electrons. The molecular weight excluding hydrogens is 322 g/mol. The molecule has 0 aliphatic carbocycles. The Labute approximate surface area is 145 Å². The van der Waals surface area contributed by atoms with Gasteiger partial charge in [-0.25, -0.2) is 0 Å². The number of carbonyl (C=O) groups is 2. The second kappa shape index (κ2) is 7.15. The summed E-state index contributed by atoms with van der Waals surface area (Å²) in [6, 6.07) is 13.8. The van der Waals surface area contributed by atoms with Gasteiger partial charge in [0, 0.05) is 36.9 Å². The van der Waals surface area contributed by atoms with Gasteiger partial charge in [-0.15, -0.1) is 11.3 Å². The molecule has 2 heterocycles. The number of benzene rings is 1. The summed E-state index contributed by atoms with van der Waals surface area (Å²) >= 11 is 1.42. The highest BCUT2D eigenvalue weighted by atomic mass is 32.1. The summed E-state index contributed by atoms with van der Waals surface area (Å²) in [7, 11) is 0. The number of nitrogens with two attached hydrogens (primary N) is 1. The maximum Gasteiger partial charge on any atom is 0.264 e. The number of carbonyl (C=O) groups excluding carboxylic acids is 2. The first kappa shape index (κ1) is 16.7. The van der Waals surface area contributed by atoms with Gasteiger partial charge in [0.15, 0.2) is 0 Å². The number of rotatable bonds is 4. The van der Waals surface area contributed by atoms with Gasteiger partial charge < -0.3 is 16.0 Å². The molecule has 1 aliphatic rings. The van der Waals surface area contributed by atoms with E-state index in [0.717, 1.165) is 4.88 Å². The molecule has 0 saturated carbocycles. The normalized spacial score (nSPS) is 20.2. The lowest BCUT2D eigenvalue weighted by molar-refractivity contribution is -0.119. The highest BCUT2D eigenvalue weighted by molar-refractivity contribution is 7.14. The zero-order chi connectivity index (χ0) is 17.1. The lowest BCUT2D eigenvalue weighted by Crippen LogP contribution is -2.31. The van der Waals surface area contributed by atoms with Crippen molar-refractivity contribution in [1.82, 2.24) is 10.2 Å². The van der Waals surface area contributed by atoms with Crippen LogP contribution < -0.4 is 11.1 Å². The van der Waals surface area contributed by atoms with Gasteiger partial charge in [-0.3, -0.25) is 9.59 Å². The van der Waals surface area contributed by atoms with Crippen LogP contribution in [0.25, 0.3) is 0 Å². The van der Waals surface area contributed by atoms with Crippen LogP contribution in [0.4, 0.5) is 0 Å². The fraction of sp³-hybridized carbons (Fsp3) is 0.333. The predicted molar refractivity (Wildman–Crippen MR) is 94.9 cm³/mol. The molecule has 0 spiro atoms. The molecule has 6 heteroatoms. The van der Waals surface area contributed by atoms with Crippen molar-refractivity contribution in [1.29, 1.82) is 0 Å². The molecule has 1 aromatic heterocycles. The van der Waals surface area contributed by atoms with E-state index in [-0.39, 0.29) is 23.8 Å². The van der Waals surface area contributed by atoms with Crippen molar-refractivity contribution in [2.75, 3.05) is 13.1 Å². The molecule has 1 fully saturated rings. The number of likely N-dealkylation sites (tertiary alicyclic amines) is 1. The van der Waals surface area contributed by atoms with Crippen molar-refractivity contribution in [3.8, 4) is 0 Å². The highest BCUT2D eigenvalue weighted by Gasteiger charge is 2.34. The summed E-state index contributed by atoms with van der Waals surface area (Å²) in [5, 5.41) is 2.75.